The zero-order valence-corrected chi connectivity index (χ0v) is 18.8. The van der Waals surface area contributed by atoms with Crippen molar-refractivity contribution < 1.29 is 18.9 Å². The summed E-state index contributed by atoms with van der Waals surface area (Å²) in [7, 11) is 6.19. The highest BCUT2D eigenvalue weighted by molar-refractivity contribution is 6.10. The standard InChI is InChI=1S/C27H22N2O4/c1-30-22-11-10-18(12-23(22)31-2)27(16-29)21-14-25(33-4)24(32-3)13-19(21)20(15-28)26(27)17-8-6-5-7-9-17/h5-14H,1-4H3/t27-/m0/s1. The number of hydrogen-bond donors (Lipinski definition) is 0. The van der Waals surface area contributed by atoms with Gasteiger partial charge in [0.15, 0.2) is 23.0 Å². The predicted octanol–water partition coefficient (Wildman–Crippen LogP) is 4.98. The number of allylic oxidation sites excluding steroid dienone is 2. The van der Waals surface area contributed by atoms with Crippen LogP contribution in [0.3, 0.4) is 0 Å². The van der Waals surface area contributed by atoms with Crippen molar-refractivity contribution in [2.75, 3.05) is 28.4 Å². The summed E-state index contributed by atoms with van der Waals surface area (Å²) in [4.78, 5) is 0. The van der Waals surface area contributed by atoms with Crippen LogP contribution in [0.15, 0.2) is 60.7 Å². The van der Waals surface area contributed by atoms with Crippen molar-refractivity contribution in [2.45, 2.75) is 5.41 Å². The first-order valence-corrected chi connectivity index (χ1v) is 10.2. The van der Waals surface area contributed by atoms with Crippen molar-refractivity contribution in [1.29, 1.82) is 10.5 Å². The maximum Gasteiger partial charge on any atom is 0.161 e. The zero-order valence-electron chi connectivity index (χ0n) is 18.8. The van der Waals surface area contributed by atoms with Crippen molar-refractivity contribution >= 4 is 11.1 Å². The van der Waals surface area contributed by atoms with E-state index in [-0.39, 0.29) is 0 Å². The van der Waals surface area contributed by atoms with Crippen LogP contribution < -0.4 is 18.9 Å². The molecule has 33 heavy (non-hydrogen) atoms. The third-order valence-electron chi connectivity index (χ3n) is 5.98. The first kappa shape index (κ1) is 21.8. The second-order valence-corrected chi connectivity index (χ2v) is 7.41. The highest BCUT2D eigenvalue weighted by atomic mass is 16.5. The first-order chi connectivity index (χ1) is 16.1. The molecule has 0 fully saturated rings. The van der Waals surface area contributed by atoms with Crippen molar-refractivity contribution in [3.63, 3.8) is 0 Å². The van der Waals surface area contributed by atoms with Crippen LogP contribution in [0.5, 0.6) is 23.0 Å². The van der Waals surface area contributed by atoms with E-state index in [0.717, 1.165) is 5.56 Å². The Morgan fingerprint density at radius 2 is 1.30 bits per heavy atom. The van der Waals surface area contributed by atoms with Gasteiger partial charge >= 0.3 is 0 Å². The highest BCUT2D eigenvalue weighted by Gasteiger charge is 2.49. The third-order valence-corrected chi connectivity index (χ3v) is 5.98. The normalized spacial score (nSPS) is 16.4. The molecule has 0 spiro atoms. The SMILES string of the molecule is COc1ccc([C@]2(C#N)C(c3ccccc3)=C(C#N)c3cc(OC)c(OC)cc32)cc1OC. The molecule has 0 saturated heterocycles. The van der Waals surface area contributed by atoms with Gasteiger partial charge in [-0.1, -0.05) is 36.4 Å². The summed E-state index contributed by atoms with van der Waals surface area (Å²) >= 11 is 0. The second kappa shape index (κ2) is 8.61. The minimum atomic E-state index is -1.29. The van der Waals surface area contributed by atoms with E-state index in [1.165, 1.54) is 0 Å². The second-order valence-electron chi connectivity index (χ2n) is 7.41. The van der Waals surface area contributed by atoms with Gasteiger partial charge in [-0.3, -0.25) is 0 Å². The van der Waals surface area contributed by atoms with Crippen molar-refractivity contribution in [3.8, 4) is 35.1 Å². The van der Waals surface area contributed by atoms with Crippen LogP contribution in [0.4, 0.5) is 0 Å². The van der Waals surface area contributed by atoms with E-state index in [4.69, 9.17) is 18.9 Å². The zero-order chi connectivity index (χ0) is 23.6. The predicted molar refractivity (Wildman–Crippen MR) is 124 cm³/mol. The van der Waals surface area contributed by atoms with E-state index in [9.17, 15) is 10.5 Å². The Labute approximate surface area is 192 Å². The third kappa shape index (κ3) is 3.16. The molecule has 164 valence electrons. The van der Waals surface area contributed by atoms with Crippen LogP contribution in [0.1, 0.15) is 22.3 Å². The molecule has 3 aromatic carbocycles. The number of ether oxygens (including phenoxy) is 4. The molecule has 0 saturated carbocycles. The Kier molecular flexibility index (Phi) is 5.69. The number of hydrogen-bond acceptors (Lipinski definition) is 6. The molecule has 1 aliphatic rings. The summed E-state index contributed by atoms with van der Waals surface area (Å²) in [5.41, 5.74) is 2.43. The minimum absolute atomic E-state index is 0.411. The number of rotatable bonds is 6. The fourth-order valence-corrected chi connectivity index (χ4v) is 4.48. The fourth-order valence-electron chi connectivity index (χ4n) is 4.48. The number of benzene rings is 3. The molecule has 0 aliphatic heterocycles. The Morgan fingerprint density at radius 3 is 1.88 bits per heavy atom. The molecule has 0 heterocycles. The van der Waals surface area contributed by atoms with Crippen LogP contribution in [0, 0.1) is 22.7 Å². The molecular formula is C27H22N2O4. The lowest BCUT2D eigenvalue weighted by molar-refractivity contribution is 0.353. The average Bonchev–Trinajstić information content (AvgIpc) is 3.17. The summed E-state index contributed by atoms with van der Waals surface area (Å²) in [6.07, 6.45) is 0. The molecule has 1 aliphatic carbocycles. The lowest BCUT2D eigenvalue weighted by Crippen LogP contribution is -2.26. The molecule has 0 aromatic heterocycles. The van der Waals surface area contributed by atoms with E-state index < -0.39 is 5.41 Å². The Hall–Kier alpha value is -4.42. The number of methoxy groups -OCH3 is 4. The van der Waals surface area contributed by atoms with Gasteiger partial charge in [-0.2, -0.15) is 10.5 Å². The quantitative estimate of drug-likeness (QED) is 0.540. The van der Waals surface area contributed by atoms with Gasteiger partial charge < -0.3 is 18.9 Å². The molecule has 6 nitrogen and oxygen atoms in total. The first-order valence-electron chi connectivity index (χ1n) is 10.2. The lowest BCUT2D eigenvalue weighted by atomic mass is 9.70. The summed E-state index contributed by atoms with van der Waals surface area (Å²) in [5.74, 6) is 2.00. The Balaban J connectivity index is 2.16. The summed E-state index contributed by atoms with van der Waals surface area (Å²) in [5, 5.41) is 21.1. The minimum Gasteiger partial charge on any atom is -0.493 e. The van der Waals surface area contributed by atoms with E-state index in [0.29, 0.717) is 50.8 Å². The van der Waals surface area contributed by atoms with Gasteiger partial charge in [0.2, 0.25) is 0 Å². The van der Waals surface area contributed by atoms with Gasteiger partial charge in [-0.15, -0.1) is 0 Å². The topological polar surface area (TPSA) is 84.5 Å². The van der Waals surface area contributed by atoms with Crippen LogP contribution in [0.25, 0.3) is 11.1 Å². The number of nitriles is 2. The highest BCUT2D eigenvalue weighted by Crippen LogP contribution is 2.57. The molecular weight excluding hydrogens is 416 g/mol. The van der Waals surface area contributed by atoms with E-state index in [1.807, 2.05) is 36.4 Å². The maximum atomic E-state index is 10.8. The lowest BCUT2D eigenvalue weighted by Gasteiger charge is -2.28. The van der Waals surface area contributed by atoms with Gasteiger partial charge in [-0.25, -0.2) is 0 Å². The van der Waals surface area contributed by atoms with Crippen molar-refractivity contribution in [3.05, 3.63) is 82.9 Å². The molecule has 0 N–H and O–H groups in total. The average molecular weight is 438 g/mol. The summed E-state index contributed by atoms with van der Waals surface area (Å²) in [6, 6.07) is 23.3. The molecule has 4 rings (SSSR count). The van der Waals surface area contributed by atoms with Gasteiger partial charge in [-0.05, 0) is 41.0 Å². The number of nitrogens with zero attached hydrogens (tertiary/aromatic N) is 2. The molecule has 0 bridgehead atoms. The Bertz CT molecular complexity index is 1330. The molecule has 1 atom stereocenters. The summed E-state index contributed by atoms with van der Waals surface area (Å²) in [6.45, 7) is 0. The van der Waals surface area contributed by atoms with Crippen molar-refractivity contribution in [2.24, 2.45) is 0 Å². The van der Waals surface area contributed by atoms with E-state index >= 15 is 0 Å². The largest absolute Gasteiger partial charge is 0.493 e. The van der Waals surface area contributed by atoms with Crippen LogP contribution in [-0.4, -0.2) is 28.4 Å². The van der Waals surface area contributed by atoms with Gasteiger partial charge in [0.05, 0.1) is 40.1 Å². The smallest absolute Gasteiger partial charge is 0.161 e. The van der Waals surface area contributed by atoms with Crippen LogP contribution in [0.2, 0.25) is 0 Å². The molecule has 0 amide bonds. The molecule has 6 heteroatoms. The van der Waals surface area contributed by atoms with Crippen LogP contribution in [-0.2, 0) is 5.41 Å². The molecule has 3 aromatic rings. The van der Waals surface area contributed by atoms with Gasteiger partial charge in [0, 0.05) is 11.1 Å². The number of fused-ring (bicyclic) bond motifs is 1. The Morgan fingerprint density at radius 1 is 0.697 bits per heavy atom. The molecule has 0 radical (unpaired) electrons. The summed E-state index contributed by atoms with van der Waals surface area (Å²) < 4.78 is 22.0. The van der Waals surface area contributed by atoms with Crippen LogP contribution >= 0.6 is 0 Å². The monoisotopic (exact) mass is 438 g/mol. The van der Waals surface area contributed by atoms with Gasteiger partial charge in [0.1, 0.15) is 11.5 Å². The molecule has 0 unspecified atom stereocenters. The van der Waals surface area contributed by atoms with E-state index in [1.54, 1.807) is 52.7 Å². The van der Waals surface area contributed by atoms with Gasteiger partial charge in [0.25, 0.3) is 0 Å². The maximum absolute atomic E-state index is 10.8. The van der Waals surface area contributed by atoms with E-state index in [2.05, 4.69) is 12.1 Å². The van der Waals surface area contributed by atoms with Crippen molar-refractivity contribution in [1.82, 2.24) is 0 Å². The fraction of sp³-hybridized carbons (Fsp3) is 0.185.